The number of carbonyl (C=O) groups is 1. The van der Waals surface area contributed by atoms with Gasteiger partial charge in [-0.25, -0.2) is 0 Å². The largest absolute Gasteiger partial charge is 0.497 e. The van der Waals surface area contributed by atoms with Gasteiger partial charge in [0.15, 0.2) is 11.9 Å². The highest BCUT2D eigenvalue weighted by Gasteiger charge is 2.31. The molecule has 0 fully saturated rings. The van der Waals surface area contributed by atoms with E-state index in [0.717, 1.165) is 11.3 Å². The summed E-state index contributed by atoms with van der Waals surface area (Å²) in [5.41, 5.74) is 1.91. The Morgan fingerprint density at radius 3 is 2.50 bits per heavy atom. The van der Waals surface area contributed by atoms with E-state index >= 15 is 0 Å². The first-order valence-electron chi connectivity index (χ1n) is 6.34. The molecule has 3 rings (SSSR count). The third-order valence-corrected chi connectivity index (χ3v) is 3.40. The first-order valence-corrected chi connectivity index (χ1v) is 6.34. The average molecular weight is 266 g/mol. The fourth-order valence-corrected chi connectivity index (χ4v) is 2.30. The van der Waals surface area contributed by atoms with Crippen molar-refractivity contribution in [1.29, 1.82) is 0 Å². The van der Waals surface area contributed by atoms with Gasteiger partial charge in [-0.2, -0.15) is 0 Å². The topological polar surface area (TPSA) is 35.5 Å². The Morgan fingerprint density at radius 1 is 1.10 bits per heavy atom. The van der Waals surface area contributed by atoms with Gasteiger partial charge in [0.2, 0.25) is 0 Å². The molecule has 0 spiro atoms. The Balaban J connectivity index is 1.99. The standard InChI is InChI=1S/C17H14O3/c1-11-16(18)14-5-3-4-6-15(14)20-17(11)12-7-9-13(19-2)10-8-12/h3-10,17H,1H2,2H3/t17-/m0/s1. The van der Waals surface area contributed by atoms with Crippen molar-refractivity contribution in [2.24, 2.45) is 0 Å². The third kappa shape index (κ3) is 1.97. The Hall–Kier alpha value is -2.55. The zero-order chi connectivity index (χ0) is 14.1. The predicted octanol–water partition coefficient (Wildman–Crippen LogP) is 3.57. The Bertz CT molecular complexity index is 671. The number of hydrogen-bond acceptors (Lipinski definition) is 3. The first-order chi connectivity index (χ1) is 9.70. The molecule has 0 amide bonds. The lowest BCUT2D eigenvalue weighted by molar-refractivity contribution is 0.0962. The molecule has 0 N–H and O–H groups in total. The maximum absolute atomic E-state index is 12.3. The van der Waals surface area contributed by atoms with Gasteiger partial charge in [-0.05, 0) is 29.8 Å². The third-order valence-electron chi connectivity index (χ3n) is 3.40. The Labute approximate surface area is 117 Å². The van der Waals surface area contributed by atoms with Gasteiger partial charge < -0.3 is 9.47 Å². The van der Waals surface area contributed by atoms with Crippen LogP contribution in [0.2, 0.25) is 0 Å². The molecule has 3 nitrogen and oxygen atoms in total. The van der Waals surface area contributed by atoms with Crippen LogP contribution in [0.25, 0.3) is 0 Å². The molecule has 2 aromatic carbocycles. The zero-order valence-corrected chi connectivity index (χ0v) is 11.1. The minimum absolute atomic E-state index is 0.0623. The number of rotatable bonds is 2. The highest BCUT2D eigenvalue weighted by molar-refractivity contribution is 6.11. The van der Waals surface area contributed by atoms with Crippen molar-refractivity contribution in [3.8, 4) is 11.5 Å². The smallest absolute Gasteiger partial charge is 0.196 e. The van der Waals surface area contributed by atoms with Crippen LogP contribution in [0.4, 0.5) is 0 Å². The molecule has 0 aliphatic carbocycles. The Morgan fingerprint density at radius 2 is 1.80 bits per heavy atom. The maximum Gasteiger partial charge on any atom is 0.196 e. The van der Waals surface area contributed by atoms with E-state index in [4.69, 9.17) is 9.47 Å². The van der Waals surface area contributed by atoms with Crippen LogP contribution in [0.5, 0.6) is 11.5 Å². The SMILES string of the molecule is C=C1C(=O)c2ccccc2O[C@@H]1c1ccc(OC)cc1. The van der Waals surface area contributed by atoms with Crippen LogP contribution in [-0.2, 0) is 0 Å². The van der Waals surface area contributed by atoms with Crippen LogP contribution in [0.1, 0.15) is 22.0 Å². The van der Waals surface area contributed by atoms with Crippen molar-refractivity contribution in [2.75, 3.05) is 7.11 Å². The molecular formula is C17H14O3. The number of para-hydroxylation sites is 1. The molecule has 20 heavy (non-hydrogen) atoms. The molecule has 1 atom stereocenters. The van der Waals surface area contributed by atoms with E-state index in [0.29, 0.717) is 16.9 Å². The van der Waals surface area contributed by atoms with Crippen molar-refractivity contribution < 1.29 is 14.3 Å². The lowest BCUT2D eigenvalue weighted by Gasteiger charge is -2.27. The van der Waals surface area contributed by atoms with E-state index in [-0.39, 0.29) is 5.78 Å². The number of benzene rings is 2. The van der Waals surface area contributed by atoms with Gasteiger partial charge >= 0.3 is 0 Å². The van der Waals surface area contributed by atoms with Crippen molar-refractivity contribution in [3.05, 3.63) is 71.8 Å². The molecule has 0 saturated carbocycles. The summed E-state index contributed by atoms with van der Waals surface area (Å²) in [5.74, 6) is 1.31. The van der Waals surface area contributed by atoms with E-state index in [1.54, 1.807) is 19.2 Å². The van der Waals surface area contributed by atoms with Crippen LogP contribution >= 0.6 is 0 Å². The molecule has 1 aliphatic heterocycles. The maximum atomic E-state index is 12.3. The summed E-state index contributed by atoms with van der Waals surface area (Å²) in [5, 5.41) is 0. The van der Waals surface area contributed by atoms with Crippen LogP contribution in [0.3, 0.4) is 0 Å². The van der Waals surface area contributed by atoms with E-state index in [1.165, 1.54) is 0 Å². The van der Waals surface area contributed by atoms with Crippen LogP contribution < -0.4 is 9.47 Å². The highest BCUT2D eigenvalue weighted by atomic mass is 16.5. The number of carbonyl (C=O) groups excluding carboxylic acids is 1. The lowest BCUT2D eigenvalue weighted by atomic mass is 9.92. The van der Waals surface area contributed by atoms with Gasteiger partial charge in [0, 0.05) is 5.57 Å². The minimum atomic E-state index is -0.441. The first kappa shape index (κ1) is 12.5. The second-order valence-electron chi connectivity index (χ2n) is 4.62. The number of methoxy groups -OCH3 is 1. The van der Waals surface area contributed by atoms with Gasteiger partial charge in [0.05, 0.1) is 12.7 Å². The molecule has 1 aliphatic rings. The van der Waals surface area contributed by atoms with Crippen molar-refractivity contribution in [1.82, 2.24) is 0 Å². The summed E-state index contributed by atoms with van der Waals surface area (Å²) in [7, 11) is 1.62. The Kier molecular flexibility index (Phi) is 3.03. The van der Waals surface area contributed by atoms with Crippen LogP contribution in [0.15, 0.2) is 60.7 Å². The van der Waals surface area contributed by atoms with Crippen molar-refractivity contribution in [2.45, 2.75) is 6.10 Å². The van der Waals surface area contributed by atoms with Gasteiger partial charge in [-0.1, -0.05) is 30.8 Å². The number of Topliss-reactive ketones (excluding diaryl/α,β-unsaturated/α-hetero) is 1. The summed E-state index contributed by atoms with van der Waals surface area (Å²) in [6.07, 6.45) is -0.441. The summed E-state index contributed by atoms with van der Waals surface area (Å²) in [4.78, 5) is 12.3. The van der Waals surface area contributed by atoms with Crippen LogP contribution in [0, 0.1) is 0 Å². The minimum Gasteiger partial charge on any atom is -0.497 e. The summed E-state index contributed by atoms with van der Waals surface area (Å²) < 4.78 is 11.0. The second-order valence-corrected chi connectivity index (χ2v) is 4.62. The van der Waals surface area contributed by atoms with E-state index in [1.807, 2.05) is 36.4 Å². The molecule has 2 aromatic rings. The molecule has 3 heteroatoms. The lowest BCUT2D eigenvalue weighted by Crippen LogP contribution is -2.22. The summed E-state index contributed by atoms with van der Waals surface area (Å²) in [6.45, 7) is 3.89. The number of fused-ring (bicyclic) bond motifs is 1. The van der Waals surface area contributed by atoms with Gasteiger partial charge in [0.25, 0.3) is 0 Å². The van der Waals surface area contributed by atoms with Crippen molar-refractivity contribution >= 4 is 5.78 Å². The molecule has 0 radical (unpaired) electrons. The molecule has 0 bridgehead atoms. The molecule has 0 aromatic heterocycles. The van der Waals surface area contributed by atoms with Crippen LogP contribution in [-0.4, -0.2) is 12.9 Å². The number of ketones is 1. The van der Waals surface area contributed by atoms with Gasteiger partial charge in [-0.15, -0.1) is 0 Å². The summed E-state index contributed by atoms with van der Waals surface area (Å²) >= 11 is 0. The monoisotopic (exact) mass is 266 g/mol. The fraction of sp³-hybridized carbons (Fsp3) is 0.118. The zero-order valence-electron chi connectivity index (χ0n) is 11.1. The summed E-state index contributed by atoms with van der Waals surface area (Å²) in [6, 6.07) is 14.7. The fourth-order valence-electron chi connectivity index (χ4n) is 2.30. The van der Waals surface area contributed by atoms with E-state index < -0.39 is 6.10 Å². The number of hydrogen-bond donors (Lipinski definition) is 0. The molecule has 100 valence electrons. The highest BCUT2D eigenvalue weighted by Crippen LogP contribution is 2.37. The predicted molar refractivity (Wildman–Crippen MR) is 76.3 cm³/mol. The number of ether oxygens (including phenoxy) is 2. The van der Waals surface area contributed by atoms with Crippen molar-refractivity contribution in [3.63, 3.8) is 0 Å². The second kappa shape index (κ2) is 4.85. The molecule has 0 saturated heterocycles. The normalized spacial score (nSPS) is 17.4. The average Bonchev–Trinajstić information content (AvgIpc) is 2.51. The van der Waals surface area contributed by atoms with E-state index in [9.17, 15) is 4.79 Å². The molecule has 0 unspecified atom stereocenters. The molecule has 1 heterocycles. The quantitative estimate of drug-likeness (QED) is 0.779. The van der Waals surface area contributed by atoms with Gasteiger partial charge in [-0.3, -0.25) is 4.79 Å². The van der Waals surface area contributed by atoms with E-state index in [2.05, 4.69) is 6.58 Å². The molecular weight excluding hydrogens is 252 g/mol. The van der Waals surface area contributed by atoms with Gasteiger partial charge in [0.1, 0.15) is 11.5 Å².